The third kappa shape index (κ3) is 3.49. The van der Waals surface area contributed by atoms with Crippen LogP contribution in [0, 0.1) is 25.5 Å². The molecule has 2 saturated heterocycles. The zero-order valence-corrected chi connectivity index (χ0v) is 17.5. The summed E-state index contributed by atoms with van der Waals surface area (Å²) in [5.74, 6) is -0.561. The number of halogens is 2. The van der Waals surface area contributed by atoms with Crippen molar-refractivity contribution in [1.29, 1.82) is 0 Å². The van der Waals surface area contributed by atoms with Crippen LogP contribution in [0.1, 0.15) is 17.8 Å². The first-order chi connectivity index (χ1) is 15.3. The lowest BCUT2D eigenvalue weighted by Crippen LogP contribution is -2.48. The fourth-order valence-electron chi connectivity index (χ4n) is 4.46. The Morgan fingerprint density at radius 2 is 1.91 bits per heavy atom. The highest BCUT2D eigenvalue weighted by atomic mass is 19.2. The van der Waals surface area contributed by atoms with Gasteiger partial charge < -0.3 is 20.2 Å². The van der Waals surface area contributed by atoms with Gasteiger partial charge in [-0.25, -0.2) is 18.3 Å². The lowest BCUT2D eigenvalue weighted by atomic mass is 10.2. The summed E-state index contributed by atoms with van der Waals surface area (Å²) in [4.78, 5) is 24.2. The van der Waals surface area contributed by atoms with E-state index in [0.717, 1.165) is 29.9 Å². The highest BCUT2D eigenvalue weighted by Gasteiger charge is 2.46. The molecule has 11 heteroatoms. The minimum Gasteiger partial charge on any atom is -0.465 e. The largest absolute Gasteiger partial charge is 0.465 e. The predicted molar refractivity (Wildman–Crippen MR) is 113 cm³/mol. The predicted octanol–water partition coefficient (Wildman–Crippen LogP) is 3.24. The number of hydrogen-bond donors (Lipinski definition) is 2. The number of carbonyl (C=O) groups is 1. The van der Waals surface area contributed by atoms with Crippen LogP contribution in [-0.4, -0.2) is 61.0 Å². The monoisotopic (exact) mass is 441 g/mol. The quantitative estimate of drug-likeness (QED) is 0.641. The molecule has 5 rings (SSSR count). The van der Waals surface area contributed by atoms with Crippen LogP contribution in [0.4, 0.5) is 30.9 Å². The third-order valence-electron chi connectivity index (χ3n) is 5.87. The van der Waals surface area contributed by atoms with Crippen molar-refractivity contribution in [2.75, 3.05) is 23.3 Å². The molecule has 2 bridgehead atoms. The van der Waals surface area contributed by atoms with Gasteiger partial charge in [0.05, 0.1) is 17.8 Å². The maximum absolute atomic E-state index is 13.7. The summed E-state index contributed by atoms with van der Waals surface area (Å²) in [5, 5.41) is 16.8. The Balaban J connectivity index is 1.52. The van der Waals surface area contributed by atoms with Crippen LogP contribution in [0.5, 0.6) is 0 Å². The Kier molecular flexibility index (Phi) is 4.68. The van der Waals surface area contributed by atoms with Crippen LogP contribution in [0.15, 0.2) is 30.3 Å². The second-order valence-electron chi connectivity index (χ2n) is 8.13. The standard InChI is InChI=1S/C21H21F2N7O2/c1-11-5-12(2)30(27-11)20-25-18(24-13-3-4-16(22)17(23)6-13)8-19(26-20)28-9-15-7-14(28)10-29(15)21(31)32/h3-6,8,14-15H,7,9-10H2,1-2H3,(H,31,32)(H,24,25,26)/t14-,15-/m1/s1. The topological polar surface area (TPSA) is 99.4 Å². The lowest BCUT2D eigenvalue weighted by molar-refractivity contribution is 0.137. The SMILES string of the molecule is Cc1cc(C)n(-c2nc(Nc3ccc(F)c(F)c3)cc(N3C[C@H]4C[C@@H]3CN4C(=O)O)n2)n1. The molecule has 2 aliphatic heterocycles. The molecule has 0 aliphatic carbocycles. The van der Waals surface area contributed by atoms with Crippen LogP contribution < -0.4 is 10.2 Å². The number of carboxylic acid groups (broad SMARTS) is 1. The van der Waals surface area contributed by atoms with E-state index in [1.807, 2.05) is 19.9 Å². The molecule has 0 radical (unpaired) electrons. The van der Waals surface area contributed by atoms with Crippen LogP contribution in [0.25, 0.3) is 5.95 Å². The van der Waals surface area contributed by atoms with Crippen molar-refractivity contribution in [3.8, 4) is 5.95 Å². The van der Waals surface area contributed by atoms with Gasteiger partial charge in [0.2, 0.25) is 0 Å². The van der Waals surface area contributed by atoms with Gasteiger partial charge in [0.15, 0.2) is 11.6 Å². The molecule has 4 heterocycles. The van der Waals surface area contributed by atoms with E-state index in [-0.39, 0.29) is 12.1 Å². The van der Waals surface area contributed by atoms with Crippen molar-refractivity contribution in [2.24, 2.45) is 0 Å². The average molecular weight is 441 g/mol. The van der Waals surface area contributed by atoms with Crippen molar-refractivity contribution in [3.63, 3.8) is 0 Å². The van der Waals surface area contributed by atoms with E-state index in [1.54, 1.807) is 10.7 Å². The summed E-state index contributed by atoms with van der Waals surface area (Å²) in [6, 6.07) is 7.07. The number of hydrogen-bond acceptors (Lipinski definition) is 6. The molecule has 2 aliphatic rings. The van der Waals surface area contributed by atoms with Gasteiger partial charge in [0.1, 0.15) is 11.6 Å². The fourth-order valence-corrected chi connectivity index (χ4v) is 4.46. The zero-order valence-electron chi connectivity index (χ0n) is 17.5. The molecule has 3 aromatic rings. The molecule has 1 aromatic carbocycles. The van der Waals surface area contributed by atoms with E-state index in [2.05, 4.69) is 20.3 Å². The third-order valence-corrected chi connectivity index (χ3v) is 5.87. The van der Waals surface area contributed by atoms with Crippen LogP contribution >= 0.6 is 0 Å². The van der Waals surface area contributed by atoms with Crippen molar-refractivity contribution in [2.45, 2.75) is 32.4 Å². The highest BCUT2D eigenvalue weighted by Crippen LogP contribution is 2.35. The molecular formula is C21H21F2N7O2. The van der Waals surface area contributed by atoms with Crippen LogP contribution in [-0.2, 0) is 0 Å². The molecule has 2 aromatic heterocycles. The Morgan fingerprint density at radius 3 is 2.53 bits per heavy atom. The second kappa shape index (κ2) is 7.43. The molecule has 9 nitrogen and oxygen atoms in total. The molecule has 0 saturated carbocycles. The molecule has 2 atom stereocenters. The number of aromatic nitrogens is 4. The summed E-state index contributed by atoms with van der Waals surface area (Å²) in [5.41, 5.74) is 2.00. The van der Waals surface area contributed by atoms with Gasteiger partial charge in [0.25, 0.3) is 5.95 Å². The Labute approximate surface area is 182 Å². The first-order valence-electron chi connectivity index (χ1n) is 10.2. The van der Waals surface area contributed by atoms with E-state index in [1.165, 1.54) is 11.0 Å². The number of nitrogens with zero attached hydrogens (tertiary/aromatic N) is 6. The number of nitrogens with one attached hydrogen (secondary N) is 1. The molecule has 0 unspecified atom stereocenters. The summed E-state index contributed by atoms with van der Waals surface area (Å²) in [6.07, 6.45) is -0.179. The lowest BCUT2D eigenvalue weighted by Gasteiger charge is -2.33. The minimum absolute atomic E-state index is 0.00965. The number of amides is 1. The summed E-state index contributed by atoms with van der Waals surface area (Å²) in [7, 11) is 0. The van der Waals surface area contributed by atoms with Gasteiger partial charge in [0, 0.05) is 36.6 Å². The van der Waals surface area contributed by atoms with Gasteiger partial charge >= 0.3 is 6.09 Å². The van der Waals surface area contributed by atoms with E-state index in [0.29, 0.717) is 36.4 Å². The van der Waals surface area contributed by atoms with Gasteiger partial charge in [-0.1, -0.05) is 0 Å². The number of benzene rings is 1. The van der Waals surface area contributed by atoms with Crippen molar-refractivity contribution in [1.82, 2.24) is 24.6 Å². The second-order valence-corrected chi connectivity index (χ2v) is 8.13. The Bertz CT molecular complexity index is 1210. The van der Waals surface area contributed by atoms with Gasteiger partial charge in [-0.15, -0.1) is 0 Å². The first-order valence-corrected chi connectivity index (χ1v) is 10.2. The fraction of sp³-hybridized carbons (Fsp3) is 0.333. The Morgan fingerprint density at radius 1 is 1.09 bits per heavy atom. The number of fused-ring (bicyclic) bond motifs is 2. The van der Waals surface area contributed by atoms with Gasteiger partial charge in [-0.3, -0.25) is 0 Å². The summed E-state index contributed by atoms with van der Waals surface area (Å²) >= 11 is 0. The first kappa shape index (κ1) is 20.2. The smallest absolute Gasteiger partial charge is 0.407 e. The van der Waals surface area contributed by atoms with E-state index >= 15 is 0 Å². The van der Waals surface area contributed by atoms with Crippen molar-refractivity contribution < 1.29 is 18.7 Å². The summed E-state index contributed by atoms with van der Waals surface area (Å²) in [6.45, 7) is 4.69. The Hall–Kier alpha value is -3.76. The van der Waals surface area contributed by atoms with E-state index in [9.17, 15) is 18.7 Å². The molecular weight excluding hydrogens is 420 g/mol. The van der Waals surface area contributed by atoms with E-state index in [4.69, 9.17) is 4.98 Å². The van der Waals surface area contributed by atoms with Crippen molar-refractivity contribution >= 4 is 23.4 Å². The average Bonchev–Trinajstić information content (AvgIpc) is 3.44. The molecule has 32 heavy (non-hydrogen) atoms. The van der Waals surface area contributed by atoms with E-state index < -0.39 is 17.7 Å². The number of likely N-dealkylation sites (tertiary alicyclic amines) is 1. The number of rotatable bonds is 4. The van der Waals surface area contributed by atoms with Crippen molar-refractivity contribution in [3.05, 3.63) is 53.4 Å². The normalized spacial score (nSPS) is 19.6. The number of aryl methyl sites for hydroxylation is 2. The maximum atomic E-state index is 13.7. The highest BCUT2D eigenvalue weighted by molar-refractivity contribution is 5.68. The summed E-state index contributed by atoms with van der Waals surface area (Å²) < 4.78 is 28.6. The van der Waals surface area contributed by atoms with Crippen LogP contribution in [0.2, 0.25) is 0 Å². The number of piperazine rings is 1. The van der Waals surface area contributed by atoms with Gasteiger partial charge in [-0.2, -0.15) is 15.1 Å². The molecule has 2 N–H and O–H groups in total. The molecule has 0 spiro atoms. The van der Waals surface area contributed by atoms with Gasteiger partial charge in [-0.05, 0) is 38.5 Å². The molecule has 1 amide bonds. The number of anilines is 3. The zero-order chi connectivity index (χ0) is 22.6. The molecule has 166 valence electrons. The van der Waals surface area contributed by atoms with Crippen LogP contribution in [0.3, 0.4) is 0 Å². The molecule has 2 fully saturated rings. The minimum atomic E-state index is -0.964. The maximum Gasteiger partial charge on any atom is 0.407 e.